The normalized spacial score (nSPS) is 12.8. The predicted molar refractivity (Wildman–Crippen MR) is 94.7 cm³/mol. The minimum atomic E-state index is 0.327. The Morgan fingerprint density at radius 1 is 1.18 bits per heavy atom. The summed E-state index contributed by atoms with van der Waals surface area (Å²) in [6.07, 6.45) is 2.25. The zero-order valence-corrected chi connectivity index (χ0v) is 14.4. The van der Waals surface area contributed by atoms with Crippen molar-refractivity contribution in [1.29, 1.82) is 0 Å². The number of hydrogen-bond acceptors (Lipinski definition) is 4. The summed E-state index contributed by atoms with van der Waals surface area (Å²) in [6, 6.07) is 8.13. The van der Waals surface area contributed by atoms with Crippen molar-refractivity contribution in [2.45, 2.75) is 39.7 Å². The van der Waals surface area contributed by atoms with Crippen molar-refractivity contribution < 1.29 is 0 Å². The van der Waals surface area contributed by atoms with Crippen molar-refractivity contribution in [2.75, 3.05) is 25.0 Å². The van der Waals surface area contributed by atoms with Crippen LogP contribution in [0.15, 0.2) is 24.3 Å². The minimum absolute atomic E-state index is 0.327. The topological polar surface area (TPSA) is 41.0 Å². The Bertz CT molecular complexity index is 598. The van der Waals surface area contributed by atoms with E-state index >= 15 is 0 Å². The Kier molecular flexibility index (Phi) is 6.40. The summed E-state index contributed by atoms with van der Waals surface area (Å²) in [6.45, 7) is 9.93. The van der Waals surface area contributed by atoms with Crippen molar-refractivity contribution in [3.8, 4) is 0 Å². The van der Waals surface area contributed by atoms with Crippen LogP contribution in [0.25, 0.3) is 10.9 Å². The SMILES string of the molecule is CCN(CC)CCC[C@H](C)Nc1nc(Cl)c2ccccc2n1. The summed E-state index contributed by atoms with van der Waals surface area (Å²) in [5, 5.41) is 4.76. The molecule has 0 saturated carbocycles. The molecule has 0 aliphatic carbocycles. The quantitative estimate of drug-likeness (QED) is 0.740. The third-order valence-corrected chi connectivity index (χ3v) is 4.23. The third kappa shape index (κ3) is 4.55. The molecule has 1 heterocycles. The summed E-state index contributed by atoms with van der Waals surface area (Å²) in [5.41, 5.74) is 0.875. The summed E-state index contributed by atoms with van der Waals surface area (Å²) in [7, 11) is 0. The van der Waals surface area contributed by atoms with E-state index in [0.717, 1.165) is 43.4 Å². The molecule has 2 aromatic rings. The van der Waals surface area contributed by atoms with Gasteiger partial charge in [-0.15, -0.1) is 0 Å². The number of halogens is 1. The zero-order chi connectivity index (χ0) is 15.9. The van der Waals surface area contributed by atoms with E-state index in [2.05, 4.69) is 41.0 Å². The fraction of sp³-hybridized carbons (Fsp3) is 0.529. The first-order valence-electron chi connectivity index (χ1n) is 8.05. The molecule has 1 aromatic carbocycles. The van der Waals surface area contributed by atoms with Gasteiger partial charge in [-0.25, -0.2) is 9.97 Å². The van der Waals surface area contributed by atoms with Crippen molar-refractivity contribution in [3.63, 3.8) is 0 Å². The fourth-order valence-corrected chi connectivity index (χ4v) is 2.80. The standard InChI is InChI=1S/C17H25ClN4/c1-4-22(5-2)12-8-9-13(3)19-17-20-15-11-7-6-10-14(15)16(18)21-17/h6-7,10-11,13H,4-5,8-9,12H2,1-3H3,(H,19,20,21)/t13-/m0/s1. The highest BCUT2D eigenvalue weighted by Gasteiger charge is 2.09. The number of benzene rings is 1. The van der Waals surface area contributed by atoms with E-state index in [9.17, 15) is 0 Å². The van der Waals surface area contributed by atoms with Gasteiger partial charge in [0.2, 0.25) is 5.95 Å². The molecule has 0 amide bonds. The molecule has 22 heavy (non-hydrogen) atoms. The number of nitrogens with zero attached hydrogens (tertiary/aromatic N) is 3. The summed E-state index contributed by atoms with van der Waals surface area (Å²) in [5.74, 6) is 0.610. The maximum atomic E-state index is 6.23. The lowest BCUT2D eigenvalue weighted by Gasteiger charge is -2.19. The highest BCUT2D eigenvalue weighted by molar-refractivity contribution is 6.34. The first-order valence-corrected chi connectivity index (χ1v) is 8.43. The van der Waals surface area contributed by atoms with Crippen molar-refractivity contribution in [1.82, 2.24) is 14.9 Å². The smallest absolute Gasteiger partial charge is 0.224 e. The van der Waals surface area contributed by atoms with E-state index in [0.29, 0.717) is 17.1 Å². The Morgan fingerprint density at radius 3 is 2.64 bits per heavy atom. The second kappa shape index (κ2) is 8.30. The van der Waals surface area contributed by atoms with Crippen LogP contribution < -0.4 is 5.32 Å². The van der Waals surface area contributed by atoms with Gasteiger partial charge in [0.1, 0.15) is 5.15 Å². The van der Waals surface area contributed by atoms with Crippen molar-refractivity contribution in [3.05, 3.63) is 29.4 Å². The number of fused-ring (bicyclic) bond motifs is 1. The zero-order valence-electron chi connectivity index (χ0n) is 13.6. The van der Waals surface area contributed by atoms with Crippen LogP contribution in [0.2, 0.25) is 5.15 Å². The van der Waals surface area contributed by atoms with Gasteiger partial charge in [0.05, 0.1) is 5.52 Å². The highest BCUT2D eigenvalue weighted by atomic mass is 35.5. The Hall–Kier alpha value is -1.39. The molecule has 0 saturated heterocycles. The molecule has 0 spiro atoms. The molecule has 0 fully saturated rings. The molecule has 0 unspecified atom stereocenters. The van der Waals surface area contributed by atoms with E-state index in [1.165, 1.54) is 0 Å². The van der Waals surface area contributed by atoms with Gasteiger partial charge < -0.3 is 10.2 Å². The minimum Gasteiger partial charge on any atom is -0.352 e. The van der Waals surface area contributed by atoms with Crippen LogP contribution in [0.1, 0.15) is 33.6 Å². The van der Waals surface area contributed by atoms with Gasteiger partial charge in [-0.1, -0.05) is 37.6 Å². The van der Waals surface area contributed by atoms with E-state index < -0.39 is 0 Å². The van der Waals surface area contributed by atoms with Crippen LogP contribution >= 0.6 is 11.6 Å². The molecule has 1 aromatic heterocycles. The molecule has 1 N–H and O–H groups in total. The van der Waals surface area contributed by atoms with Gasteiger partial charge in [-0.2, -0.15) is 0 Å². The third-order valence-electron chi connectivity index (χ3n) is 3.94. The number of aromatic nitrogens is 2. The van der Waals surface area contributed by atoms with Crippen LogP contribution in [0, 0.1) is 0 Å². The van der Waals surface area contributed by atoms with E-state index in [1.807, 2.05) is 24.3 Å². The number of hydrogen-bond donors (Lipinski definition) is 1. The second-order valence-corrected chi connectivity index (χ2v) is 5.93. The molecule has 5 heteroatoms. The number of para-hydroxylation sites is 1. The largest absolute Gasteiger partial charge is 0.352 e. The van der Waals surface area contributed by atoms with Gasteiger partial charge in [-0.05, 0) is 51.5 Å². The van der Waals surface area contributed by atoms with Gasteiger partial charge in [-0.3, -0.25) is 0 Å². The lowest BCUT2D eigenvalue weighted by atomic mass is 10.2. The lowest BCUT2D eigenvalue weighted by Crippen LogP contribution is -2.26. The van der Waals surface area contributed by atoms with Crippen LogP contribution in [0.4, 0.5) is 5.95 Å². The van der Waals surface area contributed by atoms with Gasteiger partial charge in [0, 0.05) is 11.4 Å². The van der Waals surface area contributed by atoms with Crippen LogP contribution in [0.3, 0.4) is 0 Å². The summed E-state index contributed by atoms with van der Waals surface area (Å²) in [4.78, 5) is 11.3. The number of anilines is 1. The molecule has 0 radical (unpaired) electrons. The van der Waals surface area contributed by atoms with E-state index in [-0.39, 0.29) is 0 Å². The number of rotatable bonds is 8. The summed E-state index contributed by atoms with van der Waals surface area (Å²) < 4.78 is 0. The molecule has 0 aliphatic heterocycles. The van der Waals surface area contributed by atoms with Gasteiger partial charge in [0.15, 0.2) is 0 Å². The monoisotopic (exact) mass is 320 g/mol. The molecule has 2 rings (SSSR count). The van der Waals surface area contributed by atoms with E-state index in [4.69, 9.17) is 11.6 Å². The highest BCUT2D eigenvalue weighted by Crippen LogP contribution is 2.21. The molecule has 1 atom stereocenters. The molecule has 120 valence electrons. The van der Waals surface area contributed by atoms with Gasteiger partial charge in [0.25, 0.3) is 0 Å². The first kappa shape index (κ1) is 17.0. The van der Waals surface area contributed by atoms with Gasteiger partial charge >= 0.3 is 0 Å². The Morgan fingerprint density at radius 2 is 1.91 bits per heavy atom. The predicted octanol–water partition coefficient (Wildman–Crippen LogP) is 4.21. The average molecular weight is 321 g/mol. The van der Waals surface area contributed by atoms with Crippen molar-refractivity contribution in [2.24, 2.45) is 0 Å². The molecule has 0 bridgehead atoms. The average Bonchev–Trinajstić information content (AvgIpc) is 2.51. The maximum Gasteiger partial charge on any atom is 0.224 e. The molecule has 4 nitrogen and oxygen atoms in total. The van der Waals surface area contributed by atoms with Crippen LogP contribution in [-0.2, 0) is 0 Å². The second-order valence-electron chi connectivity index (χ2n) is 5.57. The molecular formula is C17H25ClN4. The number of nitrogens with one attached hydrogen (secondary N) is 1. The van der Waals surface area contributed by atoms with Crippen LogP contribution in [0.5, 0.6) is 0 Å². The summed E-state index contributed by atoms with van der Waals surface area (Å²) >= 11 is 6.23. The molecular weight excluding hydrogens is 296 g/mol. The van der Waals surface area contributed by atoms with E-state index in [1.54, 1.807) is 0 Å². The Labute approximate surface area is 137 Å². The van der Waals surface area contributed by atoms with Crippen LogP contribution in [-0.4, -0.2) is 40.5 Å². The lowest BCUT2D eigenvalue weighted by molar-refractivity contribution is 0.295. The van der Waals surface area contributed by atoms with Crippen molar-refractivity contribution >= 4 is 28.5 Å². The maximum absolute atomic E-state index is 6.23. The molecule has 0 aliphatic rings. The first-order chi connectivity index (χ1) is 10.6. The Balaban J connectivity index is 1.93. The fourth-order valence-electron chi connectivity index (χ4n) is 2.56.